The minimum absolute atomic E-state index is 0.0729. The van der Waals surface area contributed by atoms with Crippen molar-refractivity contribution in [1.82, 2.24) is 5.32 Å². The quantitative estimate of drug-likeness (QED) is 0.532. The van der Waals surface area contributed by atoms with Gasteiger partial charge in [-0.15, -0.1) is 0 Å². The van der Waals surface area contributed by atoms with Crippen LogP contribution in [0.4, 0.5) is 0 Å². The van der Waals surface area contributed by atoms with Crippen molar-refractivity contribution in [3.8, 4) is 5.75 Å². The lowest BCUT2D eigenvalue weighted by Gasteiger charge is -2.34. The van der Waals surface area contributed by atoms with Gasteiger partial charge in [0.05, 0.1) is 24.7 Å². The molecular weight excluding hydrogens is 370 g/mol. The third-order valence-corrected chi connectivity index (χ3v) is 5.21. The summed E-state index contributed by atoms with van der Waals surface area (Å²) in [7, 11) is 1.56. The van der Waals surface area contributed by atoms with Gasteiger partial charge < -0.3 is 19.5 Å². The second-order valence-electron chi connectivity index (χ2n) is 7.28. The number of rotatable bonds is 8. The van der Waals surface area contributed by atoms with Crippen molar-refractivity contribution in [1.29, 1.82) is 0 Å². The number of benzene rings is 1. The summed E-state index contributed by atoms with van der Waals surface area (Å²) in [6, 6.07) is 7.64. The predicted molar refractivity (Wildman–Crippen MR) is 110 cm³/mol. The first-order valence-electron chi connectivity index (χ1n) is 10.2. The number of ketones is 1. The lowest BCUT2D eigenvalue weighted by molar-refractivity contribution is -0.140. The van der Waals surface area contributed by atoms with Crippen LogP contribution in [-0.4, -0.2) is 38.7 Å². The summed E-state index contributed by atoms with van der Waals surface area (Å²) >= 11 is 0. The molecule has 1 N–H and O–H groups in total. The third kappa shape index (κ3) is 4.53. The molecule has 1 aromatic rings. The standard InChI is InChI=1S/C23H29NO5/c1-4-12-28-19-11-6-5-8-16(19)21-20(23(26)29-14-13-27-3)15(2)24-17-9-7-10-18(25)22(17)21/h5-6,8,11,21,24H,4,7,9-10,12-14H2,1-3H3/t21-/m0/s1. The van der Waals surface area contributed by atoms with Crippen LogP contribution in [0, 0.1) is 0 Å². The number of methoxy groups -OCH3 is 1. The van der Waals surface area contributed by atoms with Crippen LogP contribution in [0.1, 0.15) is 51.0 Å². The Balaban J connectivity index is 2.08. The lowest BCUT2D eigenvalue weighted by Crippen LogP contribution is -2.34. The van der Waals surface area contributed by atoms with E-state index >= 15 is 0 Å². The number of nitrogens with one attached hydrogen (secondary N) is 1. The molecule has 0 radical (unpaired) electrons. The fourth-order valence-electron chi connectivity index (χ4n) is 3.92. The highest BCUT2D eigenvalue weighted by molar-refractivity contribution is 6.04. The van der Waals surface area contributed by atoms with Crippen molar-refractivity contribution >= 4 is 11.8 Å². The molecule has 29 heavy (non-hydrogen) atoms. The first-order valence-corrected chi connectivity index (χ1v) is 10.2. The normalized spacial score (nSPS) is 19.0. The van der Waals surface area contributed by atoms with Crippen LogP contribution in [-0.2, 0) is 19.1 Å². The second kappa shape index (κ2) is 9.74. The Kier molecular flexibility index (Phi) is 7.09. The van der Waals surface area contributed by atoms with Gasteiger partial charge >= 0.3 is 5.97 Å². The van der Waals surface area contributed by atoms with Crippen LogP contribution >= 0.6 is 0 Å². The zero-order valence-electron chi connectivity index (χ0n) is 17.4. The van der Waals surface area contributed by atoms with Gasteiger partial charge in [0.1, 0.15) is 12.4 Å². The molecule has 6 nitrogen and oxygen atoms in total. The summed E-state index contributed by atoms with van der Waals surface area (Å²) in [5, 5.41) is 3.30. The number of para-hydroxylation sites is 1. The van der Waals surface area contributed by atoms with Gasteiger partial charge in [0.2, 0.25) is 0 Å². The van der Waals surface area contributed by atoms with Crippen molar-refractivity contribution in [2.24, 2.45) is 0 Å². The molecule has 6 heteroatoms. The molecule has 0 amide bonds. The van der Waals surface area contributed by atoms with Gasteiger partial charge in [-0.1, -0.05) is 25.1 Å². The largest absolute Gasteiger partial charge is 0.493 e. The molecule has 0 bridgehead atoms. The summed E-state index contributed by atoms with van der Waals surface area (Å²) < 4.78 is 16.4. The molecule has 0 unspecified atom stereocenters. The zero-order valence-corrected chi connectivity index (χ0v) is 17.4. The minimum Gasteiger partial charge on any atom is -0.493 e. The van der Waals surface area contributed by atoms with Gasteiger partial charge in [-0.25, -0.2) is 4.79 Å². The van der Waals surface area contributed by atoms with Crippen LogP contribution in [0.15, 0.2) is 46.8 Å². The Morgan fingerprint density at radius 3 is 2.72 bits per heavy atom. The number of dihydropyridines is 1. The molecule has 0 fully saturated rings. The highest BCUT2D eigenvalue weighted by Gasteiger charge is 2.40. The molecule has 0 spiro atoms. The summed E-state index contributed by atoms with van der Waals surface area (Å²) in [5.74, 6) is -0.167. The topological polar surface area (TPSA) is 73.9 Å². The number of hydrogen-bond donors (Lipinski definition) is 1. The second-order valence-corrected chi connectivity index (χ2v) is 7.28. The molecule has 2 aliphatic rings. The molecule has 1 atom stereocenters. The molecule has 0 saturated heterocycles. The molecule has 3 rings (SSSR count). The van der Waals surface area contributed by atoms with E-state index in [1.165, 1.54) is 0 Å². The van der Waals surface area contributed by atoms with Gasteiger partial charge in [0.15, 0.2) is 5.78 Å². The molecule has 156 valence electrons. The number of hydrogen-bond acceptors (Lipinski definition) is 6. The molecule has 0 saturated carbocycles. The number of carbonyl (C=O) groups is 2. The van der Waals surface area contributed by atoms with E-state index < -0.39 is 11.9 Å². The highest BCUT2D eigenvalue weighted by atomic mass is 16.6. The number of carbonyl (C=O) groups excluding carboxylic acids is 2. The van der Waals surface area contributed by atoms with Crippen LogP contribution < -0.4 is 10.1 Å². The van der Waals surface area contributed by atoms with Crippen molar-refractivity contribution in [2.75, 3.05) is 26.9 Å². The molecule has 1 aliphatic carbocycles. The maximum atomic E-state index is 13.0. The van der Waals surface area contributed by atoms with Crippen molar-refractivity contribution < 1.29 is 23.8 Å². The Bertz CT molecular complexity index is 839. The minimum atomic E-state index is -0.498. The highest BCUT2D eigenvalue weighted by Crippen LogP contribution is 2.45. The van der Waals surface area contributed by atoms with Crippen LogP contribution in [0.3, 0.4) is 0 Å². The number of esters is 1. The average molecular weight is 399 g/mol. The van der Waals surface area contributed by atoms with Gasteiger partial charge in [-0.2, -0.15) is 0 Å². The Labute approximate surface area is 171 Å². The molecule has 1 aliphatic heterocycles. The van der Waals surface area contributed by atoms with E-state index in [1.54, 1.807) is 7.11 Å². The first kappa shape index (κ1) is 21.1. The summed E-state index contributed by atoms with van der Waals surface area (Å²) in [5.41, 5.74) is 3.57. The van der Waals surface area contributed by atoms with Crippen LogP contribution in [0.2, 0.25) is 0 Å². The monoisotopic (exact) mass is 399 g/mol. The van der Waals surface area contributed by atoms with E-state index in [9.17, 15) is 9.59 Å². The fraction of sp³-hybridized carbons (Fsp3) is 0.478. The Morgan fingerprint density at radius 2 is 1.97 bits per heavy atom. The molecule has 1 heterocycles. The molecule has 0 aromatic heterocycles. The van der Waals surface area contributed by atoms with E-state index in [4.69, 9.17) is 14.2 Å². The maximum absolute atomic E-state index is 13.0. The van der Waals surface area contributed by atoms with Crippen molar-refractivity contribution in [3.63, 3.8) is 0 Å². The summed E-state index contributed by atoms with van der Waals surface area (Å²) in [6.45, 7) is 4.95. The third-order valence-electron chi connectivity index (χ3n) is 5.21. The Hall–Kier alpha value is -2.60. The average Bonchev–Trinajstić information content (AvgIpc) is 2.71. The summed E-state index contributed by atoms with van der Waals surface area (Å²) in [6.07, 6.45) is 2.96. The first-order chi connectivity index (χ1) is 14.1. The maximum Gasteiger partial charge on any atom is 0.336 e. The number of allylic oxidation sites excluding steroid dienone is 3. The van der Waals surface area contributed by atoms with E-state index in [1.807, 2.05) is 38.1 Å². The predicted octanol–water partition coefficient (Wildman–Crippen LogP) is 3.63. The molecular formula is C23H29NO5. The van der Waals surface area contributed by atoms with Crippen LogP contribution in [0.5, 0.6) is 5.75 Å². The van der Waals surface area contributed by atoms with Gasteiger partial charge in [0.25, 0.3) is 0 Å². The lowest BCUT2D eigenvalue weighted by atomic mass is 9.75. The van der Waals surface area contributed by atoms with E-state index in [0.29, 0.717) is 36.5 Å². The van der Waals surface area contributed by atoms with Gasteiger partial charge in [-0.3, -0.25) is 4.79 Å². The fourth-order valence-corrected chi connectivity index (χ4v) is 3.92. The Morgan fingerprint density at radius 1 is 1.17 bits per heavy atom. The van der Waals surface area contributed by atoms with Crippen LogP contribution in [0.25, 0.3) is 0 Å². The number of Topliss-reactive ketones (excluding diaryl/α,β-unsaturated/α-hetero) is 1. The summed E-state index contributed by atoms with van der Waals surface area (Å²) in [4.78, 5) is 26.0. The van der Waals surface area contributed by atoms with E-state index in [-0.39, 0.29) is 12.4 Å². The van der Waals surface area contributed by atoms with Crippen molar-refractivity contribution in [3.05, 3.63) is 52.4 Å². The van der Waals surface area contributed by atoms with Gasteiger partial charge in [0, 0.05) is 36.1 Å². The van der Waals surface area contributed by atoms with Crippen molar-refractivity contribution in [2.45, 2.75) is 45.4 Å². The molecule has 1 aromatic carbocycles. The zero-order chi connectivity index (χ0) is 20.8. The smallest absolute Gasteiger partial charge is 0.336 e. The SMILES string of the molecule is CCCOc1ccccc1[C@H]1C(C(=O)OCCOC)=C(C)NC2=C1C(=O)CCC2. The van der Waals surface area contributed by atoms with E-state index in [2.05, 4.69) is 5.32 Å². The van der Waals surface area contributed by atoms with Gasteiger partial charge in [-0.05, 0) is 32.3 Å². The van der Waals surface area contributed by atoms with E-state index in [0.717, 1.165) is 36.2 Å². The number of ether oxygens (including phenoxy) is 3.